The van der Waals surface area contributed by atoms with Gasteiger partial charge in [0.2, 0.25) is 0 Å². The smallest absolute Gasteiger partial charge is 0.341 e. The van der Waals surface area contributed by atoms with Gasteiger partial charge in [-0.15, -0.1) is 0 Å². The third-order valence-corrected chi connectivity index (χ3v) is 4.39. The highest BCUT2D eigenvalue weighted by molar-refractivity contribution is 5.94. The standard InChI is InChI=1S/C19H22O7/c1-23-13-8-9-15(25-3)19(11-13,18(21)22)10-12-6-5-7-14(24-2)16(12)17(20)26-4/h5-7,9,11H,8,10H2,1-4H3,(H,21,22). The lowest BCUT2D eigenvalue weighted by Crippen LogP contribution is -2.37. The number of carbonyl (C=O) groups excluding carboxylic acids is 1. The molecule has 0 fully saturated rings. The number of hydrogen-bond donors (Lipinski definition) is 1. The maximum absolute atomic E-state index is 12.3. The number of aliphatic carboxylic acids is 1. The van der Waals surface area contributed by atoms with Crippen LogP contribution >= 0.6 is 0 Å². The fourth-order valence-electron chi connectivity index (χ4n) is 3.10. The molecular weight excluding hydrogens is 340 g/mol. The van der Waals surface area contributed by atoms with Crippen molar-refractivity contribution < 1.29 is 33.6 Å². The van der Waals surface area contributed by atoms with Crippen LogP contribution in [0.2, 0.25) is 0 Å². The number of hydrogen-bond acceptors (Lipinski definition) is 6. The number of allylic oxidation sites excluding steroid dienone is 1. The lowest BCUT2D eigenvalue weighted by atomic mass is 9.75. The van der Waals surface area contributed by atoms with E-state index in [9.17, 15) is 14.7 Å². The summed E-state index contributed by atoms with van der Waals surface area (Å²) in [5.74, 6) is -0.615. The van der Waals surface area contributed by atoms with Crippen molar-refractivity contribution in [1.82, 2.24) is 0 Å². The SMILES string of the molecule is COC(=O)c1c(CC2(C(=O)O)C=C(OC)CC=C2OC)cccc1OC. The van der Waals surface area contributed by atoms with Crippen LogP contribution in [-0.2, 0) is 25.4 Å². The summed E-state index contributed by atoms with van der Waals surface area (Å²) < 4.78 is 20.7. The monoisotopic (exact) mass is 362 g/mol. The molecule has 0 saturated heterocycles. The summed E-state index contributed by atoms with van der Waals surface area (Å²) in [6.45, 7) is 0. The van der Waals surface area contributed by atoms with E-state index in [0.717, 1.165) is 0 Å². The van der Waals surface area contributed by atoms with Crippen LogP contribution in [0.3, 0.4) is 0 Å². The Morgan fingerprint density at radius 3 is 2.38 bits per heavy atom. The van der Waals surface area contributed by atoms with Crippen molar-refractivity contribution in [2.45, 2.75) is 12.8 Å². The molecule has 140 valence electrons. The maximum Gasteiger partial charge on any atom is 0.341 e. The zero-order chi connectivity index (χ0) is 19.3. The molecule has 1 aromatic rings. The fraction of sp³-hybridized carbons (Fsp3) is 0.368. The molecule has 1 atom stereocenters. The number of rotatable bonds is 7. The molecule has 0 bridgehead atoms. The summed E-state index contributed by atoms with van der Waals surface area (Å²) in [7, 11) is 5.59. The Balaban J connectivity index is 2.64. The summed E-state index contributed by atoms with van der Waals surface area (Å²) in [4.78, 5) is 24.5. The van der Waals surface area contributed by atoms with Crippen LogP contribution in [0.4, 0.5) is 0 Å². The minimum Gasteiger partial charge on any atom is -0.501 e. The summed E-state index contributed by atoms with van der Waals surface area (Å²) >= 11 is 0. The van der Waals surface area contributed by atoms with Crippen molar-refractivity contribution in [3.63, 3.8) is 0 Å². The number of carbonyl (C=O) groups is 2. The highest BCUT2D eigenvalue weighted by Gasteiger charge is 2.45. The lowest BCUT2D eigenvalue weighted by molar-refractivity contribution is -0.146. The van der Waals surface area contributed by atoms with Gasteiger partial charge in [-0.2, -0.15) is 0 Å². The molecule has 1 N–H and O–H groups in total. The number of ether oxygens (including phenoxy) is 4. The van der Waals surface area contributed by atoms with E-state index in [2.05, 4.69) is 0 Å². The van der Waals surface area contributed by atoms with Crippen LogP contribution in [0, 0.1) is 5.41 Å². The number of benzene rings is 1. The normalized spacial score (nSPS) is 19.1. The van der Waals surface area contributed by atoms with E-state index in [4.69, 9.17) is 18.9 Å². The fourth-order valence-corrected chi connectivity index (χ4v) is 3.10. The first-order chi connectivity index (χ1) is 12.4. The van der Waals surface area contributed by atoms with Crippen molar-refractivity contribution >= 4 is 11.9 Å². The van der Waals surface area contributed by atoms with Gasteiger partial charge in [0.25, 0.3) is 0 Å². The molecule has 1 aliphatic carbocycles. The van der Waals surface area contributed by atoms with Crippen LogP contribution in [-0.4, -0.2) is 45.5 Å². The zero-order valence-corrected chi connectivity index (χ0v) is 15.2. The van der Waals surface area contributed by atoms with Crippen LogP contribution < -0.4 is 4.74 Å². The third kappa shape index (κ3) is 3.37. The maximum atomic E-state index is 12.3. The molecule has 1 aliphatic rings. The predicted molar refractivity (Wildman–Crippen MR) is 92.9 cm³/mol. The largest absolute Gasteiger partial charge is 0.501 e. The molecule has 1 aromatic carbocycles. The third-order valence-electron chi connectivity index (χ3n) is 4.39. The van der Waals surface area contributed by atoms with Crippen LogP contribution in [0.25, 0.3) is 0 Å². The van der Waals surface area contributed by atoms with Crippen molar-refractivity contribution in [1.29, 1.82) is 0 Å². The zero-order valence-electron chi connectivity index (χ0n) is 15.2. The van der Waals surface area contributed by atoms with Gasteiger partial charge in [0.1, 0.15) is 22.5 Å². The van der Waals surface area contributed by atoms with Crippen LogP contribution in [0.5, 0.6) is 5.75 Å². The van der Waals surface area contributed by atoms with Gasteiger partial charge in [0.05, 0.1) is 34.2 Å². The van der Waals surface area contributed by atoms with Gasteiger partial charge in [-0.1, -0.05) is 12.1 Å². The van der Waals surface area contributed by atoms with Crippen molar-refractivity contribution in [2.24, 2.45) is 5.41 Å². The summed E-state index contributed by atoms with van der Waals surface area (Å²) in [5.41, 5.74) is -0.852. The second-order valence-corrected chi connectivity index (χ2v) is 5.73. The molecule has 0 saturated carbocycles. The first-order valence-electron chi connectivity index (χ1n) is 7.91. The molecule has 0 spiro atoms. The molecule has 0 amide bonds. The molecule has 1 unspecified atom stereocenters. The Labute approximate surface area is 151 Å². The molecule has 0 aliphatic heterocycles. The summed E-state index contributed by atoms with van der Waals surface area (Å²) in [6.07, 6.45) is 3.59. The van der Waals surface area contributed by atoms with Crippen LogP contribution in [0.15, 0.2) is 41.9 Å². The van der Waals surface area contributed by atoms with Gasteiger partial charge in [-0.3, -0.25) is 4.79 Å². The van der Waals surface area contributed by atoms with Crippen molar-refractivity contribution in [2.75, 3.05) is 28.4 Å². The summed E-state index contributed by atoms with van der Waals surface area (Å²) in [6, 6.07) is 4.98. The van der Waals surface area contributed by atoms with Gasteiger partial charge < -0.3 is 24.1 Å². The highest BCUT2D eigenvalue weighted by atomic mass is 16.5. The van der Waals surface area contributed by atoms with Gasteiger partial charge in [-0.05, 0) is 23.8 Å². The van der Waals surface area contributed by atoms with E-state index in [1.165, 1.54) is 34.5 Å². The van der Waals surface area contributed by atoms with Crippen molar-refractivity contribution in [3.05, 3.63) is 53.0 Å². The molecular formula is C19H22O7. The molecule has 7 heteroatoms. The molecule has 0 radical (unpaired) electrons. The first-order valence-corrected chi connectivity index (χ1v) is 7.91. The van der Waals surface area contributed by atoms with E-state index in [-0.39, 0.29) is 17.7 Å². The number of esters is 1. The van der Waals surface area contributed by atoms with Gasteiger partial charge in [-0.25, -0.2) is 4.79 Å². The van der Waals surface area contributed by atoms with E-state index < -0.39 is 17.4 Å². The lowest BCUT2D eigenvalue weighted by Gasteiger charge is -2.32. The molecule has 26 heavy (non-hydrogen) atoms. The molecule has 7 nitrogen and oxygen atoms in total. The number of methoxy groups -OCH3 is 4. The Kier molecular flexibility index (Phi) is 5.92. The second-order valence-electron chi connectivity index (χ2n) is 5.73. The topological polar surface area (TPSA) is 91.3 Å². The minimum atomic E-state index is -1.51. The highest BCUT2D eigenvalue weighted by Crippen LogP contribution is 2.41. The average Bonchev–Trinajstić information content (AvgIpc) is 2.66. The average molecular weight is 362 g/mol. The van der Waals surface area contributed by atoms with Gasteiger partial charge in [0, 0.05) is 12.8 Å². The Bertz CT molecular complexity index is 763. The quantitative estimate of drug-likeness (QED) is 0.745. The Hall–Kier alpha value is -2.96. The summed E-state index contributed by atoms with van der Waals surface area (Å²) in [5, 5.41) is 10.0. The molecule has 0 heterocycles. The number of carboxylic acid groups (broad SMARTS) is 1. The van der Waals surface area contributed by atoms with Crippen molar-refractivity contribution in [3.8, 4) is 5.75 Å². The van der Waals surface area contributed by atoms with Gasteiger partial charge >= 0.3 is 11.9 Å². The van der Waals surface area contributed by atoms with E-state index in [0.29, 0.717) is 23.5 Å². The van der Waals surface area contributed by atoms with Crippen LogP contribution in [0.1, 0.15) is 22.3 Å². The minimum absolute atomic E-state index is 0.0313. The first kappa shape index (κ1) is 19.4. The molecule has 0 aromatic heterocycles. The van der Waals surface area contributed by atoms with E-state index in [1.807, 2.05) is 0 Å². The Morgan fingerprint density at radius 2 is 1.85 bits per heavy atom. The Morgan fingerprint density at radius 1 is 1.12 bits per heavy atom. The van der Waals surface area contributed by atoms with Gasteiger partial charge in [0.15, 0.2) is 0 Å². The van der Waals surface area contributed by atoms with E-state index >= 15 is 0 Å². The van der Waals surface area contributed by atoms with E-state index in [1.54, 1.807) is 24.3 Å². The number of carboxylic acids is 1. The second kappa shape index (κ2) is 7.95. The molecule has 2 rings (SSSR count). The predicted octanol–water partition coefficient (Wildman–Crippen LogP) is 2.56.